The van der Waals surface area contributed by atoms with Crippen LogP contribution >= 0.6 is 0 Å². The van der Waals surface area contributed by atoms with E-state index in [2.05, 4.69) is 6.58 Å². The van der Waals surface area contributed by atoms with E-state index in [1.54, 1.807) is 6.92 Å². The molecule has 0 spiro atoms. The fraction of sp³-hybridized carbons (Fsp3) is 0.667. The first kappa shape index (κ1) is 10.2. The first-order valence-corrected chi connectivity index (χ1v) is 4.21. The molecule has 0 aromatic heterocycles. The standard InChI is InChI=1S/C9H14O4/c1-3-9(8(10)13-4-2)5-11-7-12-6-9/h3H,1,4-7H2,2H3. The summed E-state index contributed by atoms with van der Waals surface area (Å²) < 4.78 is 15.0. The summed E-state index contributed by atoms with van der Waals surface area (Å²) in [5, 5.41) is 0. The topological polar surface area (TPSA) is 44.8 Å². The van der Waals surface area contributed by atoms with Crippen LogP contribution in [0.25, 0.3) is 0 Å². The molecule has 0 amide bonds. The maximum atomic E-state index is 11.5. The van der Waals surface area contributed by atoms with Crippen LogP contribution in [-0.2, 0) is 19.0 Å². The predicted molar refractivity (Wildman–Crippen MR) is 46.0 cm³/mol. The van der Waals surface area contributed by atoms with Gasteiger partial charge >= 0.3 is 5.97 Å². The van der Waals surface area contributed by atoms with Crippen molar-refractivity contribution in [3.8, 4) is 0 Å². The van der Waals surface area contributed by atoms with Crippen molar-refractivity contribution >= 4 is 5.97 Å². The first-order chi connectivity index (χ1) is 6.25. The van der Waals surface area contributed by atoms with Crippen LogP contribution in [0.1, 0.15) is 6.92 Å². The van der Waals surface area contributed by atoms with Gasteiger partial charge in [0.1, 0.15) is 12.2 Å². The van der Waals surface area contributed by atoms with Crippen molar-refractivity contribution in [3.05, 3.63) is 12.7 Å². The molecule has 0 aliphatic carbocycles. The van der Waals surface area contributed by atoms with E-state index >= 15 is 0 Å². The minimum absolute atomic E-state index is 0.231. The average Bonchev–Trinajstić information content (AvgIpc) is 2.19. The molecule has 0 unspecified atom stereocenters. The molecule has 0 radical (unpaired) electrons. The molecule has 1 heterocycles. The fourth-order valence-corrected chi connectivity index (χ4v) is 1.14. The molecule has 0 bridgehead atoms. The minimum Gasteiger partial charge on any atom is -0.465 e. The van der Waals surface area contributed by atoms with E-state index < -0.39 is 5.41 Å². The van der Waals surface area contributed by atoms with Gasteiger partial charge in [-0.1, -0.05) is 6.08 Å². The Morgan fingerprint density at radius 1 is 1.62 bits per heavy atom. The zero-order valence-corrected chi connectivity index (χ0v) is 7.75. The summed E-state index contributed by atoms with van der Waals surface area (Å²) in [6.07, 6.45) is 1.53. The zero-order chi connectivity index (χ0) is 9.73. The Morgan fingerprint density at radius 2 is 2.23 bits per heavy atom. The molecule has 74 valence electrons. The summed E-state index contributed by atoms with van der Waals surface area (Å²) >= 11 is 0. The minimum atomic E-state index is -0.811. The first-order valence-electron chi connectivity index (χ1n) is 4.21. The van der Waals surface area contributed by atoms with Crippen LogP contribution in [0.4, 0.5) is 0 Å². The van der Waals surface area contributed by atoms with Gasteiger partial charge in [-0.05, 0) is 6.92 Å². The van der Waals surface area contributed by atoms with Gasteiger partial charge in [0.05, 0.1) is 19.8 Å². The maximum absolute atomic E-state index is 11.5. The van der Waals surface area contributed by atoms with E-state index in [1.807, 2.05) is 0 Å². The average molecular weight is 186 g/mol. The van der Waals surface area contributed by atoms with Crippen LogP contribution in [0.5, 0.6) is 0 Å². The molecule has 1 aliphatic heterocycles. The van der Waals surface area contributed by atoms with E-state index in [-0.39, 0.29) is 26.0 Å². The Morgan fingerprint density at radius 3 is 2.69 bits per heavy atom. The smallest absolute Gasteiger partial charge is 0.320 e. The van der Waals surface area contributed by atoms with Gasteiger partial charge in [0.15, 0.2) is 0 Å². The van der Waals surface area contributed by atoms with Gasteiger partial charge in [-0.3, -0.25) is 4.79 Å². The highest BCUT2D eigenvalue weighted by Crippen LogP contribution is 2.25. The van der Waals surface area contributed by atoms with Crippen LogP contribution in [0.15, 0.2) is 12.7 Å². The Hall–Kier alpha value is -0.870. The quantitative estimate of drug-likeness (QED) is 0.481. The number of esters is 1. The SMILES string of the molecule is C=CC1(C(=O)OCC)COCOC1. The third-order valence-electron chi connectivity index (χ3n) is 1.96. The summed E-state index contributed by atoms with van der Waals surface area (Å²) in [5.41, 5.74) is -0.811. The third kappa shape index (κ3) is 2.08. The molecule has 4 heteroatoms. The number of carbonyl (C=O) groups is 1. The van der Waals surface area contributed by atoms with Crippen LogP contribution in [0.3, 0.4) is 0 Å². The van der Waals surface area contributed by atoms with Gasteiger partial charge in [0.25, 0.3) is 0 Å². The molecule has 1 aliphatic rings. The third-order valence-corrected chi connectivity index (χ3v) is 1.96. The lowest BCUT2D eigenvalue weighted by Gasteiger charge is -2.31. The fourth-order valence-electron chi connectivity index (χ4n) is 1.14. The van der Waals surface area contributed by atoms with Crippen molar-refractivity contribution < 1.29 is 19.0 Å². The monoisotopic (exact) mass is 186 g/mol. The largest absolute Gasteiger partial charge is 0.465 e. The number of hydrogen-bond acceptors (Lipinski definition) is 4. The summed E-state index contributed by atoms with van der Waals surface area (Å²) in [6.45, 7) is 6.52. The van der Waals surface area contributed by atoms with Crippen LogP contribution in [0.2, 0.25) is 0 Å². The highest BCUT2D eigenvalue weighted by molar-refractivity contribution is 5.79. The van der Waals surface area contributed by atoms with E-state index in [4.69, 9.17) is 14.2 Å². The number of hydrogen-bond donors (Lipinski definition) is 0. The van der Waals surface area contributed by atoms with Crippen LogP contribution in [0, 0.1) is 5.41 Å². The van der Waals surface area contributed by atoms with Gasteiger partial charge in [0, 0.05) is 0 Å². The molecule has 0 atom stereocenters. The molecule has 13 heavy (non-hydrogen) atoms. The lowest BCUT2D eigenvalue weighted by molar-refractivity contribution is -0.185. The Kier molecular flexibility index (Phi) is 3.45. The van der Waals surface area contributed by atoms with Crippen molar-refractivity contribution in [2.75, 3.05) is 26.6 Å². The molecular formula is C9H14O4. The normalized spacial score (nSPS) is 20.7. The molecule has 4 nitrogen and oxygen atoms in total. The maximum Gasteiger partial charge on any atom is 0.320 e. The summed E-state index contributed by atoms with van der Waals surface area (Å²) in [7, 11) is 0. The molecule has 1 fully saturated rings. The second-order valence-electron chi connectivity index (χ2n) is 2.90. The van der Waals surface area contributed by atoms with Gasteiger partial charge < -0.3 is 14.2 Å². The van der Waals surface area contributed by atoms with E-state index in [9.17, 15) is 4.79 Å². The van der Waals surface area contributed by atoms with Crippen LogP contribution in [-0.4, -0.2) is 32.6 Å². The lowest BCUT2D eigenvalue weighted by atomic mass is 9.90. The molecule has 0 saturated carbocycles. The lowest BCUT2D eigenvalue weighted by Crippen LogP contribution is -2.43. The van der Waals surface area contributed by atoms with Crippen LogP contribution < -0.4 is 0 Å². The van der Waals surface area contributed by atoms with Crippen molar-refractivity contribution in [1.29, 1.82) is 0 Å². The van der Waals surface area contributed by atoms with E-state index in [0.717, 1.165) is 0 Å². The summed E-state index contributed by atoms with van der Waals surface area (Å²) in [6, 6.07) is 0. The number of ether oxygens (including phenoxy) is 3. The van der Waals surface area contributed by atoms with E-state index in [0.29, 0.717) is 6.61 Å². The Bertz CT molecular complexity index is 194. The van der Waals surface area contributed by atoms with Crippen molar-refractivity contribution in [1.82, 2.24) is 0 Å². The van der Waals surface area contributed by atoms with Gasteiger partial charge in [-0.25, -0.2) is 0 Å². The summed E-state index contributed by atoms with van der Waals surface area (Å²) in [4.78, 5) is 11.5. The molecule has 0 aromatic rings. The summed E-state index contributed by atoms with van der Waals surface area (Å²) in [5.74, 6) is -0.329. The molecular weight excluding hydrogens is 172 g/mol. The van der Waals surface area contributed by atoms with Gasteiger partial charge in [-0.15, -0.1) is 6.58 Å². The predicted octanol–water partition coefficient (Wildman–Crippen LogP) is 0.726. The molecule has 1 saturated heterocycles. The van der Waals surface area contributed by atoms with Crippen molar-refractivity contribution in [2.24, 2.45) is 5.41 Å². The second-order valence-corrected chi connectivity index (χ2v) is 2.90. The van der Waals surface area contributed by atoms with Crippen molar-refractivity contribution in [3.63, 3.8) is 0 Å². The van der Waals surface area contributed by atoms with Crippen molar-refractivity contribution in [2.45, 2.75) is 6.92 Å². The highest BCUT2D eigenvalue weighted by atomic mass is 16.7. The second kappa shape index (κ2) is 4.39. The molecule has 1 rings (SSSR count). The Balaban J connectivity index is 2.66. The van der Waals surface area contributed by atoms with Gasteiger partial charge in [-0.2, -0.15) is 0 Å². The number of rotatable bonds is 3. The van der Waals surface area contributed by atoms with E-state index in [1.165, 1.54) is 6.08 Å². The zero-order valence-electron chi connectivity index (χ0n) is 7.75. The highest BCUT2D eigenvalue weighted by Gasteiger charge is 2.40. The molecule has 0 N–H and O–H groups in total. The van der Waals surface area contributed by atoms with Gasteiger partial charge in [0.2, 0.25) is 0 Å². The number of carbonyl (C=O) groups excluding carboxylic acids is 1. The Labute approximate surface area is 77.5 Å². The molecule has 0 aromatic carbocycles.